The zero-order valence-electron chi connectivity index (χ0n) is 18.4. The number of fused-ring (bicyclic) bond motifs is 1. The van der Waals surface area contributed by atoms with Gasteiger partial charge in [0.05, 0.1) is 12.2 Å². The SMILES string of the molecule is O=C(CNC(=O)c1ccc2c(c1)CCCN2)Nc1nc(-c2cccc(-c3ccncc3)c2)cs1. The summed E-state index contributed by atoms with van der Waals surface area (Å²) in [4.78, 5) is 33.5. The van der Waals surface area contributed by atoms with Gasteiger partial charge < -0.3 is 16.0 Å². The van der Waals surface area contributed by atoms with Gasteiger partial charge in [0.2, 0.25) is 5.91 Å². The van der Waals surface area contributed by atoms with Gasteiger partial charge in [-0.05, 0) is 65.9 Å². The van der Waals surface area contributed by atoms with Crippen LogP contribution in [0.1, 0.15) is 22.3 Å². The molecule has 0 atom stereocenters. The molecule has 170 valence electrons. The second-order valence-electron chi connectivity index (χ2n) is 7.99. The molecule has 0 radical (unpaired) electrons. The van der Waals surface area contributed by atoms with Gasteiger partial charge in [0.1, 0.15) is 0 Å². The van der Waals surface area contributed by atoms with Crippen molar-refractivity contribution in [2.24, 2.45) is 0 Å². The third-order valence-corrected chi connectivity index (χ3v) is 6.40. The molecule has 0 saturated heterocycles. The van der Waals surface area contributed by atoms with E-state index in [9.17, 15) is 9.59 Å². The lowest BCUT2D eigenvalue weighted by Gasteiger charge is -2.18. The predicted molar refractivity (Wildman–Crippen MR) is 135 cm³/mol. The number of amides is 2. The van der Waals surface area contributed by atoms with Crippen molar-refractivity contribution >= 4 is 34.0 Å². The average molecular weight is 470 g/mol. The summed E-state index contributed by atoms with van der Waals surface area (Å²) in [7, 11) is 0. The lowest BCUT2D eigenvalue weighted by molar-refractivity contribution is -0.115. The molecule has 2 aromatic carbocycles. The van der Waals surface area contributed by atoms with Crippen LogP contribution in [-0.4, -0.2) is 34.9 Å². The first-order valence-corrected chi connectivity index (χ1v) is 11.9. The smallest absolute Gasteiger partial charge is 0.251 e. The van der Waals surface area contributed by atoms with E-state index in [1.165, 1.54) is 11.3 Å². The monoisotopic (exact) mass is 469 g/mol. The number of nitrogens with one attached hydrogen (secondary N) is 3. The predicted octanol–water partition coefficient (Wildman–Crippen LogP) is 4.60. The van der Waals surface area contributed by atoms with Crippen LogP contribution < -0.4 is 16.0 Å². The highest BCUT2D eigenvalue weighted by Crippen LogP contribution is 2.28. The summed E-state index contributed by atoms with van der Waals surface area (Å²) < 4.78 is 0. The van der Waals surface area contributed by atoms with Crippen molar-refractivity contribution in [2.45, 2.75) is 12.8 Å². The van der Waals surface area contributed by atoms with Crippen molar-refractivity contribution in [3.05, 3.63) is 83.5 Å². The fourth-order valence-corrected chi connectivity index (χ4v) is 4.64. The van der Waals surface area contributed by atoms with Crippen LogP contribution in [0, 0.1) is 0 Å². The molecular formula is C26H23N5O2S. The largest absolute Gasteiger partial charge is 0.385 e. The van der Waals surface area contributed by atoms with Crippen LogP contribution in [0.15, 0.2) is 72.4 Å². The van der Waals surface area contributed by atoms with Crippen LogP contribution in [0.4, 0.5) is 10.8 Å². The Balaban J connectivity index is 1.19. The normalized spacial score (nSPS) is 12.4. The minimum Gasteiger partial charge on any atom is -0.385 e. The van der Waals surface area contributed by atoms with Crippen LogP contribution in [0.25, 0.3) is 22.4 Å². The fourth-order valence-electron chi connectivity index (χ4n) is 3.91. The van der Waals surface area contributed by atoms with Crippen LogP contribution in [0.5, 0.6) is 0 Å². The van der Waals surface area contributed by atoms with Gasteiger partial charge in [0.25, 0.3) is 5.91 Å². The van der Waals surface area contributed by atoms with Crippen molar-refractivity contribution in [3.63, 3.8) is 0 Å². The highest BCUT2D eigenvalue weighted by Gasteiger charge is 2.14. The van der Waals surface area contributed by atoms with Crippen LogP contribution in [-0.2, 0) is 11.2 Å². The molecule has 2 aromatic heterocycles. The molecule has 1 aliphatic heterocycles. The second kappa shape index (κ2) is 9.84. The van der Waals surface area contributed by atoms with Crippen LogP contribution >= 0.6 is 11.3 Å². The summed E-state index contributed by atoms with van der Waals surface area (Å²) in [6.07, 6.45) is 5.52. The molecule has 4 aromatic rings. The van der Waals surface area contributed by atoms with Crippen molar-refractivity contribution in [1.82, 2.24) is 15.3 Å². The fraction of sp³-hybridized carbons (Fsp3) is 0.154. The molecule has 1 aliphatic rings. The van der Waals surface area contributed by atoms with Gasteiger partial charge in [-0.2, -0.15) is 0 Å². The molecule has 3 heterocycles. The summed E-state index contributed by atoms with van der Waals surface area (Å²) in [5.41, 5.74) is 6.65. The lowest BCUT2D eigenvalue weighted by atomic mass is 10.0. The number of anilines is 2. The summed E-state index contributed by atoms with van der Waals surface area (Å²) in [5.74, 6) is -0.587. The zero-order valence-corrected chi connectivity index (χ0v) is 19.2. The van der Waals surface area contributed by atoms with E-state index >= 15 is 0 Å². The molecule has 0 aliphatic carbocycles. The summed E-state index contributed by atoms with van der Waals surface area (Å²) in [5, 5.41) is 11.2. The van der Waals surface area contributed by atoms with E-state index in [0.717, 1.165) is 53.0 Å². The molecule has 2 amide bonds. The molecular weight excluding hydrogens is 446 g/mol. The number of aryl methyl sites for hydroxylation is 1. The maximum atomic E-state index is 12.5. The molecule has 5 rings (SSSR count). The number of benzene rings is 2. The van der Waals surface area contributed by atoms with E-state index in [-0.39, 0.29) is 18.4 Å². The zero-order chi connectivity index (χ0) is 23.3. The van der Waals surface area contributed by atoms with Crippen molar-refractivity contribution in [3.8, 4) is 22.4 Å². The van der Waals surface area contributed by atoms with E-state index in [2.05, 4.69) is 32.0 Å². The number of nitrogens with zero attached hydrogens (tertiary/aromatic N) is 2. The first-order chi connectivity index (χ1) is 16.7. The van der Waals surface area contributed by atoms with E-state index in [0.29, 0.717) is 10.7 Å². The average Bonchev–Trinajstić information content (AvgIpc) is 3.36. The van der Waals surface area contributed by atoms with Gasteiger partial charge >= 0.3 is 0 Å². The molecule has 0 unspecified atom stereocenters. The standard InChI is InChI=1S/C26H23N5O2S/c32-24(15-29-25(33)21-6-7-22-19(14-21)5-2-10-28-22)31-26-30-23(16-34-26)20-4-1-3-18(13-20)17-8-11-27-12-9-17/h1,3-4,6-9,11-14,16,28H,2,5,10,15H2,(H,29,33)(H,30,31,32). The first kappa shape index (κ1) is 21.8. The molecule has 0 fully saturated rings. The Bertz CT molecular complexity index is 1340. The molecule has 0 bridgehead atoms. The molecule has 34 heavy (non-hydrogen) atoms. The van der Waals surface area contributed by atoms with Gasteiger partial charge in [-0.25, -0.2) is 4.98 Å². The Kier molecular flexibility index (Phi) is 6.31. The summed E-state index contributed by atoms with van der Waals surface area (Å²) in [6.45, 7) is 0.827. The first-order valence-electron chi connectivity index (χ1n) is 11.1. The summed E-state index contributed by atoms with van der Waals surface area (Å²) >= 11 is 1.35. The van der Waals surface area contributed by atoms with Gasteiger partial charge in [-0.15, -0.1) is 11.3 Å². The van der Waals surface area contributed by atoms with Crippen molar-refractivity contribution < 1.29 is 9.59 Å². The Labute approximate surface area is 201 Å². The lowest BCUT2D eigenvalue weighted by Crippen LogP contribution is -2.33. The van der Waals surface area contributed by atoms with Crippen LogP contribution in [0.2, 0.25) is 0 Å². The van der Waals surface area contributed by atoms with Gasteiger partial charge in [0.15, 0.2) is 5.13 Å². The number of carbonyl (C=O) groups excluding carboxylic acids is 2. The van der Waals surface area contributed by atoms with Gasteiger partial charge in [0, 0.05) is 41.1 Å². The van der Waals surface area contributed by atoms with E-state index < -0.39 is 0 Å². The number of carbonyl (C=O) groups is 2. The van der Waals surface area contributed by atoms with E-state index in [4.69, 9.17) is 0 Å². The Hall–Kier alpha value is -4.04. The number of rotatable bonds is 6. The maximum Gasteiger partial charge on any atom is 0.251 e. The minimum absolute atomic E-state index is 0.124. The molecule has 0 spiro atoms. The summed E-state index contributed by atoms with van der Waals surface area (Å²) in [6, 6.07) is 17.6. The topological polar surface area (TPSA) is 96.0 Å². The van der Waals surface area contributed by atoms with Gasteiger partial charge in [-0.3, -0.25) is 14.6 Å². The number of hydrogen-bond acceptors (Lipinski definition) is 6. The number of thiazole rings is 1. The Morgan fingerprint density at radius 2 is 1.85 bits per heavy atom. The number of pyridine rings is 1. The molecule has 7 nitrogen and oxygen atoms in total. The number of hydrogen-bond donors (Lipinski definition) is 3. The van der Waals surface area contributed by atoms with E-state index in [1.807, 2.05) is 47.8 Å². The number of aromatic nitrogens is 2. The third-order valence-electron chi connectivity index (χ3n) is 5.64. The molecule has 3 N–H and O–H groups in total. The highest BCUT2D eigenvalue weighted by molar-refractivity contribution is 7.14. The van der Waals surface area contributed by atoms with Gasteiger partial charge in [-0.1, -0.05) is 18.2 Å². The second-order valence-corrected chi connectivity index (χ2v) is 8.85. The maximum absolute atomic E-state index is 12.5. The highest BCUT2D eigenvalue weighted by atomic mass is 32.1. The van der Waals surface area contributed by atoms with Crippen molar-refractivity contribution in [1.29, 1.82) is 0 Å². The minimum atomic E-state index is -0.320. The Morgan fingerprint density at radius 3 is 2.74 bits per heavy atom. The van der Waals surface area contributed by atoms with Crippen molar-refractivity contribution in [2.75, 3.05) is 23.7 Å². The molecule has 0 saturated carbocycles. The Morgan fingerprint density at radius 1 is 1.00 bits per heavy atom. The molecule has 8 heteroatoms. The third kappa shape index (κ3) is 4.97. The quantitative estimate of drug-likeness (QED) is 0.384. The van der Waals surface area contributed by atoms with E-state index in [1.54, 1.807) is 18.5 Å². The van der Waals surface area contributed by atoms with Crippen LogP contribution in [0.3, 0.4) is 0 Å².